The molecule has 2 amide bonds. The first-order valence-electron chi connectivity index (χ1n) is 9.46. The highest BCUT2D eigenvalue weighted by Crippen LogP contribution is 2.29. The zero-order chi connectivity index (χ0) is 19.0. The molecule has 1 atom stereocenters. The van der Waals surface area contributed by atoms with Crippen LogP contribution < -0.4 is 9.80 Å². The molecule has 1 unspecified atom stereocenters. The minimum Gasteiger partial charge on any atom is -0.378 e. The number of benzene rings is 2. The van der Waals surface area contributed by atoms with Gasteiger partial charge in [-0.25, -0.2) is 0 Å². The molecule has 5 heteroatoms. The van der Waals surface area contributed by atoms with Crippen molar-refractivity contribution in [2.75, 3.05) is 37.0 Å². The molecule has 0 aliphatic carbocycles. The number of carbonyl (C=O) groups is 2. The summed E-state index contributed by atoms with van der Waals surface area (Å²) in [5.74, 6) is -0.120. The Morgan fingerprint density at radius 3 is 2.44 bits per heavy atom. The van der Waals surface area contributed by atoms with E-state index in [0.717, 1.165) is 24.3 Å². The maximum atomic E-state index is 13.0. The SMILES string of the molecule is CN(C)c1ccc(N2CC(C(=O)N3CCc4ccccc4C3)CC2=O)cc1. The molecule has 2 aliphatic rings. The van der Waals surface area contributed by atoms with Crippen LogP contribution in [0.1, 0.15) is 17.5 Å². The Kier molecular flexibility index (Phi) is 4.60. The van der Waals surface area contributed by atoms with E-state index in [1.807, 2.05) is 60.3 Å². The third-order valence-corrected chi connectivity index (χ3v) is 5.59. The van der Waals surface area contributed by atoms with E-state index in [1.54, 1.807) is 4.90 Å². The van der Waals surface area contributed by atoms with Gasteiger partial charge in [0.1, 0.15) is 0 Å². The van der Waals surface area contributed by atoms with Crippen LogP contribution in [0.5, 0.6) is 0 Å². The molecule has 2 heterocycles. The van der Waals surface area contributed by atoms with Crippen molar-refractivity contribution in [3.63, 3.8) is 0 Å². The van der Waals surface area contributed by atoms with E-state index in [0.29, 0.717) is 19.5 Å². The maximum Gasteiger partial charge on any atom is 0.228 e. The predicted molar refractivity (Wildman–Crippen MR) is 107 cm³/mol. The van der Waals surface area contributed by atoms with Gasteiger partial charge < -0.3 is 14.7 Å². The van der Waals surface area contributed by atoms with Crippen molar-refractivity contribution in [3.05, 3.63) is 59.7 Å². The molecular weight excluding hydrogens is 338 g/mol. The van der Waals surface area contributed by atoms with Crippen molar-refractivity contribution in [1.82, 2.24) is 4.90 Å². The first-order valence-corrected chi connectivity index (χ1v) is 9.46. The van der Waals surface area contributed by atoms with Gasteiger partial charge in [-0.3, -0.25) is 9.59 Å². The van der Waals surface area contributed by atoms with Crippen molar-refractivity contribution < 1.29 is 9.59 Å². The number of fused-ring (bicyclic) bond motifs is 1. The standard InChI is InChI=1S/C22H25N3O2/c1-23(2)19-7-9-20(10-8-19)25-15-18(13-21(25)26)22(27)24-12-11-16-5-3-4-6-17(16)14-24/h3-10,18H,11-15H2,1-2H3. The first kappa shape index (κ1) is 17.6. The molecular formula is C22H25N3O2. The molecule has 27 heavy (non-hydrogen) atoms. The molecule has 1 saturated heterocycles. The highest BCUT2D eigenvalue weighted by atomic mass is 16.2. The Hall–Kier alpha value is -2.82. The summed E-state index contributed by atoms with van der Waals surface area (Å²) < 4.78 is 0. The third kappa shape index (κ3) is 3.42. The summed E-state index contributed by atoms with van der Waals surface area (Å²) >= 11 is 0. The van der Waals surface area contributed by atoms with Gasteiger partial charge in [-0.1, -0.05) is 24.3 Å². The van der Waals surface area contributed by atoms with Crippen LogP contribution in [0.15, 0.2) is 48.5 Å². The lowest BCUT2D eigenvalue weighted by atomic mass is 9.98. The van der Waals surface area contributed by atoms with Crippen LogP contribution in [0, 0.1) is 5.92 Å². The second-order valence-electron chi connectivity index (χ2n) is 7.59. The highest BCUT2D eigenvalue weighted by Gasteiger charge is 2.37. The molecule has 1 fully saturated rings. The monoisotopic (exact) mass is 363 g/mol. The predicted octanol–water partition coefficient (Wildman–Crippen LogP) is 2.69. The molecule has 0 spiro atoms. The van der Waals surface area contributed by atoms with E-state index in [4.69, 9.17) is 0 Å². The van der Waals surface area contributed by atoms with Crippen LogP contribution in [0.2, 0.25) is 0 Å². The zero-order valence-electron chi connectivity index (χ0n) is 15.9. The molecule has 0 N–H and O–H groups in total. The van der Waals surface area contributed by atoms with E-state index in [2.05, 4.69) is 12.1 Å². The Labute approximate surface area is 160 Å². The number of carbonyl (C=O) groups excluding carboxylic acids is 2. The highest BCUT2D eigenvalue weighted by molar-refractivity contribution is 6.00. The second-order valence-corrected chi connectivity index (χ2v) is 7.59. The Balaban J connectivity index is 1.45. The molecule has 0 aromatic heterocycles. The molecule has 0 bridgehead atoms. The van der Waals surface area contributed by atoms with Gasteiger partial charge in [0, 0.05) is 51.5 Å². The van der Waals surface area contributed by atoms with Crippen LogP contribution in [-0.4, -0.2) is 43.9 Å². The van der Waals surface area contributed by atoms with Gasteiger partial charge in [-0.2, -0.15) is 0 Å². The van der Waals surface area contributed by atoms with Crippen molar-refractivity contribution in [3.8, 4) is 0 Å². The quantitative estimate of drug-likeness (QED) is 0.842. The lowest BCUT2D eigenvalue weighted by Crippen LogP contribution is -2.40. The van der Waals surface area contributed by atoms with Crippen LogP contribution >= 0.6 is 0 Å². The normalized spacial score (nSPS) is 19.2. The van der Waals surface area contributed by atoms with Gasteiger partial charge >= 0.3 is 0 Å². The van der Waals surface area contributed by atoms with Crippen molar-refractivity contribution in [2.24, 2.45) is 5.92 Å². The van der Waals surface area contributed by atoms with E-state index in [-0.39, 0.29) is 17.7 Å². The average Bonchev–Trinajstić information content (AvgIpc) is 3.08. The van der Waals surface area contributed by atoms with Crippen molar-refractivity contribution in [2.45, 2.75) is 19.4 Å². The summed E-state index contributed by atoms with van der Waals surface area (Å²) in [4.78, 5) is 31.2. The summed E-state index contributed by atoms with van der Waals surface area (Å²) in [6, 6.07) is 16.2. The fraction of sp³-hybridized carbons (Fsp3) is 0.364. The van der Waals surface area contributed by atoms with E-state index < -0.39 is 0 Å². The van der Waals surface area contributed by atoms with Gasteiger partial charge in [-0.05, 0) is 41.8 Å². The number of nitrogens with zero attached hydrogens (tertiary/aromatic N) is 3. The molecule has 2 aromatic carbocycles. The number of hydrogen-bond acceptors (Lipinski definition) is 3. The summed E-state index contributed by atoms with van der Waals surface area (Å²) in [5, 5.41) is 0. The maximum absolute atomic E-state index is 13.0. The topological polar surface area (TPSA) is 43.9 Å². The summed E-state index contributed by atoms with van der Waals surface area (Å²) in [7, 11) is 3.98. The minimum absolute atomic E-state index is 0.0309. The molecule has 2 aliphatic heterocycles. The van der Waals surface area contributed by atoms with Crippen LogP contribution in [0.3, 0.4) is 0 Å². The molecule has 4 rings (SSSR count). The van der Waals surface area contributed by atoms with Crippen molar-refractivity contribution in [1.29, 1.82) is 0 Å². The largest absolute Gasteiger partial charge is 0.378 e. The molecule has 0 radical (unpaired) electrons. The smallest absolute Gasteiger partial charge is 0.228 e. The Bertz CT molecular complexity index is 860. The van der Waals surface area contributed by atoms with E-state index in [9.17, 15) is 9.59 Å². The number of amides is 2. The summed E-state index contributed by atoms with van der Waals surface area (Å²) in [6.07, 6.45) is 1.19. The first-order chi connectivity index (χ1) is 13.0. The van der Waals surface area contributed by atoms with Crippen LogP contribution in [-0.2, 0) is 22.6 Å². The second kappa shape index (κ2) is 7.06. The molecule has 0 saturated carbocycles. The minimum atomic E-state index is -0.253. The van der Waals surface area contributed by atoms with Crippen molar-refractivity contribution >= 4 is 23.2 Å². The van der Waals surface area contributed by atoms with E-state index in [1.165, 1.54) is 11.1 Å². The number of hydrogen-bond donors (Lipinski definition) is 0. The molecule has 2 aromatic rings. The molecule has 140 valence electrons. The van der Waals surface area contributed by atoms with Gasteiger partial charge in [0.25, 0.3) is 0 Å². The number of rotatable bonds is 3. The fourth-order valence-electron chi connectivity index (χ4n) is 4.00. The lowest BCUT2D eigenvalue weighted by Gasteiger charge is -2.30. The van der Waals surface area contributed by atoms with Gasteiger partial charge in [-0.15, -0.1) is 0 Å². The zero-order valence-corrected chi connectivity index (χ0v) is 15.9. The van der Waals surface area contributed by atoms with Gasteiger partial charge in [0.15, 0.2) is 0 Å². The van der Waals surface area contributed by atoms with E-state index >= 15 is 0 Å². The fourth-order valence-corrected chi connectivity index (χ4v) is 4.00. The van der Waals surface area contributed by atoms with Crippen LogP contribution in [0.25, 0.3) is 0 Å². The average molecular weight is 363 g/mol. The van der Waals surface area contributed by atoms with Gasteiger partial charge in [0.05, 0.1) is 5.92 Å². The Morgan fingerprint density at radius 2 is 1.74 bits per heavy atom. The lowest BCUT2D eigenvalue weighted by molar-refractivity contribution is -0.136. The Morgan fingerprint density at radius 1 is 1.04 bits per heavy atom. The third-order valence-electron chi connectivity index (χ3n) is 5.59. The summed E-state index contributed by atoms with van der Waals surface area (Å²) in [6.45, 7) is 1.85. The summed E-state index contributed by atoms with van der Waals surface area (Å²) in [5.41, 5.74) is 4.50. The van der Waals surface area contributed by atoms with Crippen LogP contribution in [0.4, 0.5) is 11.4 Å². The van der Waals surface area contributed by atoms with Gasteiger partial charge in [0.2, 0.25) is 11.8 Å². The molecule has 5 nitrogen and oxygen atoms in total. The number of anilines is 2.